The summed E-state index contributed by atoms with van der Waals surface area (Å²) in [5.41, 5.74) is 1.20. The van der Waals surface area contributed by atoms with Crippen LogP contribution in [0, 0.1) is 40.7 Å². The summed E-state index contributed by atoms with van der Waals surface area (Å²) in [6.45, 7) is 0.899. The number of allylic oxidation sites excluding steroid dienone is 2. The van der Waals surface area contributed by atoms with Crippen LogP contribution in [-0.2, 0) is 30.3 Å². The number of aryl methyl sites for hydroxylation is 1. The van der Waals surface area contributed by atoms with Crippen molar-refractivity contribution in [3.63, 3.8) is 0 Å². The Labute approximate surface area is 212 Å². The maximum absolute atomic E-state index is 13.3. The molecule has 1 heterocycles. The van der Waals surface area contributed by atoms with Gasteiger partial charge in [0, 0.05) is 23.7 Å². The van der Waals surface area contributed by atoms with Crippen molar-refractivity contribution >= 4 is 35.1 Å². The summed E-state index contributed by atoms with van der Waals surface area (Å²) in [4.78, 5) is 64.0. The highest BCUT2D eigenvalue weighted by molar-refractivity contribution is 6.09. The maximum Gasteiger partial charge on any atom is 0.330 e. The number of nitrogens with one attached hydrogen (secondary N) is 1. The predicted octanol–water partition coefficient (Wildman–Crippen LogP) is 2.80. The van der Waals surface area contributed by atoms with Crippen molar-refractivity contribution in [2.75, 3.05) is 11.9 Å². The minimum atomic E-state index is -1.21. The van der Waals surface area contributed by atoms with Gasteiger partial charge in [-0.05, 0) is 36.8 Å². The van der Waals surface area contributed by atoms with Gasteiger partial charge in [-0.15, -0.1) is 0 Å². The van der Waals surface area contributed by atoms with Gasteiger partial charge in [-0.25, -0.2) is 4.79 Å². The second-order valence-electron chi connectivity index (χ2n) is 9.67. The molecule has 10 nitrogen and oxygen atoms in total. The number of likely N-dealkylation sites (tertiary alicyclic amines) is 1. The highest BCUT2D eigenvalue weighted by Gasteiger charge is 2.61. The fourth-order valence-corrected chi connectivity index (χ4v) is 5.66. The summed E-state index contributed by atoms with van der Waals surface area (Å²) in [6.07, 6.45) is 4.78. The van der Waals surface area contributed by atoms with Crippen LogP contribution in [0.4, 0.5) is 11.4 Å². The van der Waals surface area contributed by atoms with Gasteiger partial charge in [-0.3, -0.25) is 29.4 Å². The number of hydrogen-bond acceptors (Lipinski definition) is 7. The zero-order valence-electron chi connectivity index (χ0n) is 20.0. The number of hydrogen-bond donors (Lipinski definition) is 1. The van der Waals surface area contributed by atoms with Gasteiger partial charge in [0.15, 0.2) is 6.61 Å². The van der Waals surface area contributed by atoms with E-state index in [9.17, 15) is 29.3 Å². The van der Waals surface area contributed by atoms with Crippen molar-refractivity contribution in [3.8, 4) is 0 Å². The Morgan fingerprint density at radius 2 is 1.73 bits per heavy atom. The molecule has 2 bridgehead atoms. The van der Waals surface area contributed by atoms with Crippen molar-refractivity contribution in [2.45, 2.75) is 25.8 Å². The van der Waals surface area contributed by atoms with E-state index in [4.69, 9.17) is 4.74 Å². The molecule has 2 aromatic carbocycles. The molecule has 2 aromatic rings. The molecule has 5 rings (SSSR count). The third kappa shape index (κ3) is 4.50. The number of imide groups is 1. The minimum Gasteiger partial charge on any atom is -0.454 e. The summed E-state index contributed by atoms with van der Waals surface area (Å²) in [5.74, 6) is -3.26. The van der Waals surface area contributed by atoms with Crippen molar-refractivity contribution in [2.24, 2.45) is 23.7 Å². The van der Waals surface area contributed by atoms with E-state index in [1.165, 1.54) is 18.2 Å². The number of ether oxygens (including phenoxy) is 1. The second kappa shape index (κ2) is 9.61. The lowest BCUT2D eigenvalue weighted by molar-refractivity contribution is -0.385. The molecule has 3 aliphatic rings. The Hall–Kier alpha value is -4.34. The zero-order chi connectivity index (χ0) is 26.3. The molecule has 0 radical (unpaired) electrons. The number of benzene rings is 2. The first-order chi connectivity index (χ1) is 17.7. The lowest BCUT2D eigenvalue weighted by Crippen LogP contribution is -2.48. The fourth-order valence-electron chi connectivity index (χ4n) is 5.66. The summed E-state index contributed by atoms with van der Waals surface area (Å²) < 4.78 is 5.27. The van der Waals surface area contributed by atoms with E-state index < -0.39 is 41.3 Å². The van der Waals surface area contributed by atoms with E-state index in [-0.39, 0.29) is 41.4 Å². The largest absolute Gasteiger partial charge is 0.454 e. The number of carbonyl (C=O) groups is 4. The lowest BCUT2D eigenvalue weighted by Gasteiger charge is -2.26. The Morgan fingerprint density at radius 1 is 1.08 bits per heavy atom. The number of fused-ring (bicyclic) bond motifs is 5. The molecule has 0 aromatic heterocycles. The van der Waals surface area contributed by atoms with Crippen LogP contribution in [0.3, 0.4) is 0 Å². The molecule has 5 atom stereocenters. The summed E-state index contributed by atoms with van der Waals surface area (Å²) in [6, 6.07) is 12.0. The second-order valence-corrected chi connectivity index (χ2v) is 9.67. The van der Waals surface area contributed by atoms with Crippen LogP contribution >= 0.6 is 0 Å². The third-order valence-electron chi connectivity index (χ3n) is 7.40. The van der Waals surface area contributed by atoms with Gasteiger partial charge in [-0.1, -0.05) is 48.6 Å². The van der Waals surface area contributed by atoms with Gasteiger partial charge in [-0.2, -0.15) is 0 Å². The van der Waals surface area contributed by atoms with Gasteiger partial charge in [0.25, 0.3) is 11.6 Å². The minimum absolute atomic E-state index is 0.00538. The molecule has 1 saturated heterocycles. The molecule has 2 fully saturated rings. The first-order valence-electron chi connectivity index (χ1n) is 12.1. The molecular formula is C27H25N3O7. The smallest absolute Gasteiger partial charge is 0.330 e. The molecule has 37 heavy (non-hydrogen) atoms. The topological polar surface area (TPSA) is 136 Å². The highest BCUT2D eigenvalue weighted by Crippen LogP contribution is 2.53. The Kier molecular flexibility index (Phi) is 6.32. The number of carbonyl (C=O) groups excluding carboxylic acids is 4. The number of nitro groups is 1. The number of nitro benzene ring substituents is 1. The summed E-state index contributed by atoms with van der Waals surface area (Å²) in [7, 11) is 0. The number of amides is 3. The van der Waals surface area contributed by atoms with Crippen LogP contribution in [0.1, 0.15) is 17.5 Å². The van der Waals surface area contributed by atoms with Crippen LogP contribution < -0.4 is 5.32 Å². The van der Waals surface area contributed by atoms with E-state index >= 15 is 0 Å². The molecular weight excluding hydrogens is 478 g/mol. The van der Waals surface area contributed by atoms with Crippen LogP contribution in [0.25, 0.3) is 0 Å². The van der Waals surface area contributed by atoms with Gasteiger partial charge in [0.05, 0.1) is 16.8 Å². The third-order valence-corrected chi connectivity index (χ3v) is 7.40. The summed E-state index contributed by atoms with van der Waals surface area (Å²) in [5, 5.41) is 13.6. The van der Waals surface area contributed by atoms with Crippen molar-refractivity contribution in [1.29, 1.82) is 0 Å². The van der Waals surface area contributed by atoms with Crippen LogP contribution in [-0.4, -0.2) is 46.2 Å². The number of anilines is 1. The SMILES string of the molecule is Cc1ccc(NC(=O)COC(=O)[C@H](Cc2ccccc2)N2C(=O)[C@@H]3[C@H](C2=O)[C@H]2C=C[C@H]3C2)cc1[N+](=O)[O-]. The van der Waals surface area contributed by atoms with Crippen molar-refractivity contribution in [3.05, 3.63) is 81.9 Å². The first-order valence-corrected chi connectivity index (χ1v) is 12.1. The average molecular weight is 504 g/mol. The van der Waals surface area contributed by atoms with Crippen LogP contribution in [0.2, 0.25) is 0 Å². The molecule has 0 spiro atoms. The van der Waals surface area contributed by atoms with Gasteiger partial charge in [0.1, 0.15) is 6.04 Å². The molecule has 2 aliphatic carbocycles. The van der Waals surface area contributed by atoms with Crippen molar-refractivity contribution in [1.82, 2.24) is 4.90 Å². The molecule has 1 aliphatic heterocycles. The Bertz CT molecular complexity index is 1290. The highest BCUT2D eigenvalue weighted by atomic mass is 16.6. The number of nitrogens with zero attached hydrogens (tertiary/aromatic N) is 2. The van der Waals surface area contributed by atoms with E-state index in [1.807, 2.05) is 18.2 Å². The number of esters is 1. The van der Waals surface area contributed by atoms with Crippen LogP contribution in [0.15, 0.2) is 60.7 Å². The average Bonchev–Trinajstić information content (AvgIpc) is 3.56. The van der Waals surface area contributed by atoms with E-state index in [2.05, 4.69) is 5.32 Å². The quantitative estimate of drug-likeness (QED) is 0.192. The van der Waals surface area contributed by atoms with Gasteiger partial charge < -0.3 is 10.1 Å². The van der Waals surface area contributed by atoms with Crippen molar-refractivity contribution < 1.29 is 28.8 Å². The normalized spacial score (nSPS) is 24.2. The Balaban J connectivity index is 1.30. The zero-order valence-corrected chi connectivity index (χ0v) is 20.0. The Morgan fingerprint density at radius 3 is 2.35 bits per heavy atom. The van der Waals surface area contributed by atoms with Gasteiger partial charge in [0.2, 0.25) is 11.8 Å². The van der Waals surface area contributed by atoms with Gasteiger partial charge >= 0.3 is 5.97 Å². The lowest BCUT2D eigenvalue weighted by atomic mass is 9.85. The molecule has 1 saturated carbocycles. The molecule has 1 N–H and O–H groups in total. The van der Waals surface area contributed by atoms with E-state index in [0.29, 0.717) is 5.56 Å². The first kappa shape index (κ1) is 24.4. The molecule has 190 valence electrons. The monoisotopic (exact) mass is 503 g/mol. The molecule has 0 unspecified atom stereocenters. The fraction of sp³-hybridized carbons (Fsp3) is 0.333. The van der Waals surface area contributed by atoms with Crippen LogP contribution in [0.5, 0.6) is 0 Å². The summed E-state index contributed by atoms with van der Waals surface area (Å²) >= 11 is 0. The maximum atomic E-state index is 13.3. The van der Waals surface area contributed by atoms with E-state index in [0.717, 1.165) is 16.9 Å². The molecule has 3 amide bonds. The predicted molar refractivity (Wildman–Crippen MR) is 131 cm³/mol. The van der Waals surface area contributed by atoms with E-state index in [1.54, 1.807) is 31.2 Å². The molecule has 10 heteroatoms. The standard InChI is InChI=1S/C27H25N3O7/c1-15-7-10-19(13-20(15)30(35)36)28-22(31)14-37-27(34)21(11-16-5-3-2-4-6-16)29-25(32)23-17-8-9-18(12-17)24(23)26(29)33/h2-10,13,17-18,21,23-24H,11-12,14H2,1H3,(H,28,31)/t17-,18-,21-,23-,24+/m0/s1. The number of rotatable bonds is 8.